The minimum absolute atomic E-state index is 0.0478. The lowest BCUT2D eigenvalue weighted by Crippen LogP contribution is -2.65. The van der Waals surface area contributed by atoms with Crippen molar-refractivity contribution >= 4 is 34.4 Å². The Labute approximate surface area is 279 Å². The number of carbonyl (C=O) groups excluding carboxylic acids is 3. The van der Waals surface area contributed by atoms with E-state index in [1.165, 1.54) is 25.7 Å². The van der Waals surface area contributed by atoms with Crippen molar-refractivity contribution in [1.82, 2.24) is 30.3 Å². The average molecular weight is 650 g/mol. The predicted octanol–water partition coefficient (Wildman–Crippen LogP) is 4.53. The molecular formula is C36H55N7O4. The smallest absolute Gasteiger partial charge is 0.247 e. The van der Waals surface area contributed by atoms with Crippen LogP contribution in [0.15, 0.2) is 18.5 Å². The molecule has 4 fully saturated rings. The number of fused-ring (bicyclic) bond motifs is 1. The zero-order valence-electron chi connectivity index (χ0n) is 28.9. The lowest BCUT2D eigenvalue weighted by Gasteiger charge is -2.50. The van der Waals surface area contributed by atoms with Gasteiger partial charge in [0.25, 0.3) is 0 Å². The normalized spacial score (nSPS) is 24.3. The van der Waals surface area contributed by atoms with Gasteiger partial charge in [-0.05, 0) is 50.5 Å². The summed E-state index contributed by atoms with van der Waals surface area (Å²) in [5.41, 5.74) is 0.460. The van der Waals surface area contributed by atoms with Crippen LogP contribution in [0.3, 0.4) is 0 Å². The number of pyridine rings is 1. The van der Waals surface area contributed by atoms with Crippen LogP contribution in [0.2, 0.25) is 0 Å². The Morgan fingerprint density at radius 3 is 2.47 bits per heavy atom. The number of aromatic nitrogens is 3. The minimum Gasteiger partial charge on any atom is -0.376 e. The molecular weight excluding hydrogens is 594 g/mol. The van der Waals surface area contributed by atoms with Gasteiger partial charge in [0, 0.05) is 68.8 Å². The van der Waals surface area contributed by atoms with Gasteiger partial charge in [-0.2, -0.15) is 5.10 Å². The fourth-order valence-corrected chi connectivity index (χ4v) is 8.08. The molecule has 3 aliphatic heterocycles. The summed E-state index contributed by atoms with van der Waals surface area (Å²) >= 11 is 0. The number of H-pyrrole nitrogens is 1. The Hall–Kier alpha value is -3.21. The second-order valence-electron chi connectivity index (χ2n) is 15.4. The van der Waals surface area contributed by atoms with E-state index in [0.717, 1.165) is 55.2 Å². The van der Waals surface area contributed by atoms with Gasteiger partial charge in [0.2, 0.25) is 17.7 Å². The number of unbranched alkanes of at least 4 members (excludes halogenated alkanes) is 5. The molecule has 0 aromatic carbocycles. The highest BCUT2D eigenvalue weighted by atomic mass is 16.5. The van der Waals surface area contributed by atoms with Crippen LogP contribution in [0, 0.1) is 22.7 Å². The number of likely N-dealkylation sites (tertiary alicyclic amines) is 2. The molecule has 1 saturated carbocycles. The summed E-state index contributed by atoms with van der Waals surface area (Å²) in [6, 6.07) is 1.16. The van der Waals surface area contributed by atoms with E-state index in [2.05, 4.69) is 41.2 Å². The fourth-order valence-electron chi connectivity index (χ4n) is 8.08. The molecule has 1 aliphatic carbocycles. The Balaban J connectivity index is 1.18. The van der Waals surface area contributed by atoms with Gasteiger partial charge in [0.1, 0.15) is 11.6 Å². The summed E-state index contributed by atoms with van der Waals surface area (Å²) in [6.07, 6.45) is 14.1. The first-order chi connectivity index (χ1) is 22.6. The van der Waals surface area contributed by atoms with E-state index in [1.807, 2.05) is 22.8 Å². The number of aromatic amines is 1. The van der Waals surface area contributed by atoms with Crippen molar-refractivity contribution in [3.63, 3.8) is 0 Å². The van der Waals surface area contributed by atoms with Gasteiger partial charge in [0.05, 0.1) is 18.2 Å². The highest BCUT2D eigenvalue weighted by Gasteiger charge is 2.61. The highest BCUT2D eigenvalue weighted by Crippen LogP contribution is 2.55. The third-order valence-electron chi connectivity index (χ3n) is 11.3. The van der Waals surface area contributed by atoms with E-state index in [9.17, 15) is 14.4 Å². The molecule has 2 aromatic heterocycles. The first-order valence-corrected chi connectivity index (χ1v) is 18.2. The Bertz CT molecular complexity index is 1410. The lowest BCUT2D eigenvalue weighted by molar-refractivity contribution is -0.152. The van der Waals surface area contributed by atoms with Gasteiger partial charge >= 0.3 is 0 Å². The number of piperidine rings is 1. The van der Waals surface area contributed by atoms with Crippen molar-refractivity contribution in [3.05, 3.63) is 18.5 Å². The van der Waals surface area contributed by atoms with Gasteiger partial charge in [0.15, 0.2) is 5.82 Å². The van der Waals surface area contributed by atoms with Crippen molar-refractivity contribution in [2.45, 2.75) is 104 Å². The first kappa shape index (κ1) is 33.7. The van der Waals surface area contributed by atoms with Crippen LogP contribution in [-0.4, -0.2) is 101 Å². The van der Waals surface area contributed by atoms with Crippen molar-refractivity contribution in [2.75, 3.05) is 50.8 Å². The molecule has 1 spiro atoms. The SMILES string of the molecule is CCCCCCCCO[C@H](C)[C@H](NC(=O)[C@@H]1CN(c2nccc3cn[nH]c23)CC12CN(C(=O)C1CC1(C)C)C2)C(=O)N1CCCCC1. The molecule has 11 heteroatoms. The topological polar surface area (TPSA) is 124 Å². The number of rotatable bonds is 14. The van der Waals surface area contributed by atoms with Crippen molar-refractivity contribution in [1.29, 1.82) is 0 Å². The Morgan fingerprint density at radius 2 is 1.74 bits per heavy atom. The van der Waals surface area contributed by atoms with Gasteiger partial charge in [-0.1, -0.05) is 52.9 Å². The molecule has 4 atom stereocenters. The summed E-state index contributed by atoms with van der Waals surface area (Å²) in [6.45, 7) is 12.5. The number of anilines is 1. The molecule has 3 saturated heterocycles. The maximum Gasteiger partial charge on any atom is 0.247 e. The van der Waals surface area contributed by atoms with Crippen LogP contribution in [0.1, 0.15) is 91.9 Å². The second kappa shape index (κ2) is 14.1. The van der Waals surface area contributed by atoms with Crippen LogP contribution < -0.4 is 10.2 Å². The van der Waals surface area contributed by atoms with Crippen LogP contribution in [0.4, 0.5) is 5.82 Å². The largest absolute Gasteiger partial charge is 0.376 e. The second-order valence-corrected chi connectivity index (χ2v) is 15.4. The molecule has 6 rings (SSSR count). The summed E-state index contributed by atoms with van der Waals surface area (Å²) in [5.74, 6) is 0.403. The van der Waals surface area contributed by atoms with E-state index in [1.54, 1.807) is 12.4 Å². The van der Waals surface area contributed by atoms with E-state index in [4.69, 9.17) is 9.72 Å². The summed E-state index contributed by atoms with van der Waals surface area (Å²) in [7, 11) is 0. The van der Waals surface area contributed by atoms with Gasteiger partial charge in [-0.15, -0.1) is 0 Å². The molecule has 47 heavy (non-hydrogen) atoms. The lowest BCUT2D eigenvalue weighted by atomic mass is 9.70. The van der Waals surface area contributed by atoms with Gasteiger partial charge in [-0.25, -0.2) is 4.98 Å². The molecule has 258 valence electrons. The van der Waals surface area contributed by atoms with Crippen molar-refractivity contribution in [2.24, 2.45) is 22.7 Å². The van der Waals surface area contributed by atoms with Crippen molar-refractivity contribution < 1.29 is 19.1 Å². The average Bonchev–Trinajstić information content (AvgIpc) is 3.38. The standard InChI is InChI=1S/C36H55N7O4/c1-5-6-7-8-9-13-18-47-25(2)29(34(46)41-16-11-10-12-17-41)39-32(44)28-21-42(31-30-26(14-15-37-31)20-38-40-30)22-36(28)23-43(24-36)33(45)27-19-35(27,3)4/h14-15,20,25,27-29H,5-13,16-19,21-24H2,1-4H3,(H,38,40)(H,39,44)/t25-,27?,28+,29+/m1/s1. The number of hydrogen-bond donors (Lipinski definition) is 2. The highest BCUT2D eigenvalue weighted by molar-refractivity contribution is 5.92. The molecule has 0 radical (unpaired) electrons. The molecule has 2 aromatic rings. The number of hydrogen-bond acceptors (Lipinski definition) is 7. The maximum atomic E-state index is 14.4. The monoisotopic (exact) mass is 649 g/mol. The van der Waals surface area contributed by atoms with E-state index < -0.39 is 23.5 Å². The van der Waals surface area contributed by atoms with Crippen LogP contribution >= 0.6 is 0 Å². The summed E-state index contributed by atoms with van der Waals surface area (Å²) in [4.78, 5) is 52.5. The minimum atomic E-state index is -0.758. The van der Waals surface area contributed by atoms with Gasteiger partial charge < -0.3 is 24.8 Å². The molecule has 1 unspecified atom stereocenters. The fraction of sp³-hybridized carbons (Fsp3) is 0.750. The number of amides is 3. The van der Waals surface area contributed by atoms with Crippen LogP contribution in [-0.2, 0) is 19.1 Å². The van der Waals surface area contributed by atoms with E-state index >= 15 is 0 Å². The maximum absolute atomic E-state index is 14.4. The molecule has 11 nitrogen and oxygen atoms in total. The molecule has 2 N–H and O–H groups in total. The number of carbonyl (C=O) groups is 3. The van der Waals surface area contributed by atoms with Crippen molar-refractivity contribution in [3.8, 4) is 0 Å². The Morgan fingerprint density at radius 1 is 1.02 bits per heavy atom. The molecule has 3 amide bonds. The summed E-state index contributed by atoms with van der Waals surface area (Å²) in [5, 5.41) is 11.5. The van der Waals surface area contributed by atoms with E-state index in [-0.39, 0.29) is 29.1 Å². The predicted molar refractivity (Wildman–Crippen MR) is 182 cm³/mol. The molecule has 0 bridgehead atoms. The molecule has 4 aliphatic rings. The first-order valence-electron chi connectivity index (χ1n) is 18.2. The van der Waals surface area contributed by atoms with Gasteiger partial charge in [-0.3, -0.25) is 19.5 Å². The third-order valence-corrected chi connectivity index (χ3v) is 11.3. The third kappa shape index (κ3) is 7.15. The quantitative estimate of drug-likeness (QED) is 0.288. The number of nitrogens with one attached hydrogen (secondary N) is 2. The van der Waals surface area contributed by atoms with Crippen LogP contribution in [0.25, 0.3) is 10.9 Å². The number of nitrogens with zero attached hydrogens (tertiary/aromatic N) is 5. The zero-order chi connectivity index (χ0) is 33.2. The summed E-state index contributed by atoms with van der Waals surface area (Å²) < 4.78 is 6.26. The Kier molecular flexibility index (Phi) is 10.1. The number of ether oxygens (including phenoxy) is 1. The van der Waals surface area contributed by atoms with E-state index in [0.29, 0.717) is 45.9 Å². The zero-order valence-corrected chi connectivity index (χ0v) is 28.9. The molecule has 5 heterocycles. The van der Waals surface area contributed by atoms with Crippen LogP contribution in [0.5, 0.6) is 0 Å².